The topological polar surface area (TPSA) is 83.5 Å². The third-order valence-electron chi connectivity index (χ3n) is 4.68. The Balaban J connectivity index is 1.91. The molecular formula is C21H27N5O3. The van der Waals surface area contributed by atoms with Gasteiger partial charge in [0.2, 0.25) is 0 Å². The number of rotatable bonds is 4. The summed E-state index contributed by atoms with van der Waals surface area (Å²) in [6, 6.07) is 9.72. The van der Waals surface area contributed by atoms with Crippen molar-refractivity contribution >= 4 is 22.8 Å². The third-order valence-corrected chi connectivity index (χ3v) is 4.68. The summed E-state index contributed by atoms with van der Waals surface area (Å²) in [4.78, 5) is 28.9. The monoisotopic (exact) mass is 397 g/mol. The lowest BCUT2D eigenvalue weighted by Crippen LogP contribution is -2.40. The highest BCUT2D eigenvalue weighted by Gasteiger charge is 2.25. The molecule has 1 aliphatic rings. The van der Waals surface area contributed by atoms with Crippen molar-refractivity contribution in [2.45, 2.75) is 39.5 Å². The second-order valence-corrected chi connectivity index (χ2v) is 8.22. The molecule has 0 saturated carbocycles. The van der Waals surface area contributed by atoms with Crippen molar-refractivity contribution in [3.63, 3.8) is 0 Å². The fourth-order valence-corrected chi connectivity index (χ4v) is 3.39. The minimum atomic E-state index is -0.541. The Morgan fingerprint density at radius 3 is 2.55 bits per heavy atom. The van der Waals surface area contributed by atoms with Crippen molar-refractivity contribution in [3.8, 4) is 6.07 Å². The van der Waals surface area contributed by atoms with Crippen LogP contribution in [0.2, 0.25) is 0 Å². The molecule has 0 bridgehead atoms. The zero-order valence-electron chi connectivity index (χ0n) is 17.4. The van der Waals surface area contributed by atoms with Gasteiger partial charge < -0.3 is 9.64 Å². The van der Waals surface area contributed by atoms with E-state index < -0.39 is 5.60 Å². The van der Waals surface area contributed by atoms with Crippen LogP contribution in [0.4, 0.5) is 4.79 Å². The third kappa shape index (κ3) is 4.51. The molecule has 0 saturated heterocycles. The van der Waals surface area contributed by atoms with Gasteiger partial charge in [0.15, 0.2) is 0 Å². The van der Waals surface area contributed by atoms with Crippen LogP contribution in [0.3, 0.4) is 0 Å². The fraction of sp³-hybridized carbons (Fsp3) is 0.476. The summed E-state index contributed by atoms with van der Waals surface area (Å²) in [5.41, 5.74) is 1.82. The minimum absolute atomic E-state index is 0.145. The van der Waals surface area contributed by atoms with Gasteiger partial charge in [0.1, 0.15) is 5.60 Å². The van der Waals surface area contributed by atoms with E-state index in [1.165, 1.54) is 0 Å². The van der Waals surface area contributed by atoms with Crippen LogP contribution < -0.4 is 5.69 Å². The molecule has 0 N–H and O–H groups in total. The van der Waals surface area contributed by atoms with E-state index in [0.717, 1.165) is 16.7 Å². The predicted octanol–water partition coefficient (Wildman–Crippen LogP) is 2.70. The van der Waals surface area contributed by atoms with E-state index in [1.807, 2.05) is 51.1 Å². The number of nitrogens with zero attached hydrogens (tertiary/aromatic N) is 5. The van der Waals surface area contributed by atoms with Crippen LogP contribution in [0.1, 0.15) is 27.2 Å². The van der Waals surface area contributed by atoms with E-state index in [9.17, 15) is 9.59 Å². The molecular weight excluding hydrogens is 370 g/mol. The number of ether oxygens (including phenoxy) is 1. The van der Waals surface area contributed by atoms with Crippen molar-refractivity contribution in [1.29, 1.82) is 5.26 Å². The summed E-state index contributed by atoms with van der Waals surface area (Å²) in [7, 11) is 1.81. The van der Waals surface area contributed by atoms with Crippen molar-refractivity contribution in [2.24, 2.45) is 0 Å². The molecule has 0 aliphatic carbocycles. The number of aromatic nitrogens is 2. The van der Waals surface area contributed by atoms with Crippen molar-refractivity contribution in [2.75, 3.05) is 26.7 Å². The zero-order chi connectivity index (χ0) is 21.2. The molecule has 0 atom stereocenters. The van der Waals surface area contributed by atoms with Crippen molar-refractivity contribution in [3.05, 3.63) is 40.8 Å². The number of carbonyl (C=O) groups excluding carboxylic acids is 1. The standard InChI is InChI=1S/C21H27N5O3/c1-21(2,3)29-20(28)24-12-9-16(10-13-24)26-18-8-6-5-7-17(18)25(19(26)27)15-23(4)14-11-22/h5-9H,10,12-15H2,1-4H3. The van der Waals surface area contributed by atoms with Crippen molar-refractivity contribution < 1.29 is 9.53 Å². The fourth-order valence-electron chi connectivity index (χ4n) is 3.39. The van der Waals surface area contributed by atoms with Gasteiger partial charge in [-0.05, 0) is 46.0 Å². The Labute approximate surface area is 170 Å². The summed E-state index contributed by atoms with van der Waals surface area (Å²) in [5.74, 6) is 0. The molecule has 8 heteroatoms. The Kier molecular flexibility index (Phi) is 5.80. The number of fused-ring (bicyclic) bond motifs is 1. The number of carbonyl (C=O) groups is 1. The van der Waals surface area contributed by atoms with Gasteiger partial charge in [-0.15, -0.1) is 0 Å². The molecule has 0 radical (unpaired) electrons. The molecule has 3 rings (SSSR count). The molecule has 1 aromatic carbocycles. The lowest BCUT2D eigenvalue weighted by atomic mass is 10.2. The summed E-state index contributed by atoms with van der Waals surface area (Å²) in [5, 5.41) is 8.91. The first-order valence-corrected chi connectivity index (χ1v) is 9.64. The van der Waals surface area contributed by atoms with Gasteiger partial charge in [-0.1, -0.05) is 12.1 Å². The van der Waals surface area contributed by atoms with Crippen molar-refractivity contribution in [1.82, 2.24) is 18.9 Å². The number of amides is 1. The number of benzene rings is 1. The number of nitriles is 1. The quantitative estimate of drug-likeness (QED) is 0.741. The lowest BCUT2D eigenvalue weighted by molar-refractivity contribution is 0.0269. The van der Waals surface area contributed by atoms with Crippen LogP contribution in [0, 0.1) is 11.3 Å². The number of hydrogen-bond acceptors (Lipinski definition) is 5. The SMILES string of the molecule is CN(CC#N)Cn1c(=O)n(C2=CCN(C(=O)OC(C)(C)C)CC2)c2ccccc21. The Bertz CT molecular complexity index is 1040. The molecule has 1 aromatic heterocycles. The van der Waals surface area contributed by atoms with Crippen LogP contribution in [-0.2, 0) is 11.4 Å². The maximum atomic E-state index is 13.2. The summed E-state index contributed by atoms with van der Waals surface area (Å²) >= 11 is 0. The van der Waals surface area contributed by atoms with Gasteiger partial charge in [0, 0.05) is 25.2 Å². The first-order valence-electron chi connectivity index (χ1n) is 9.64. The zero-order valence-corrected chi connectivity index (χ0v) is 17.4. The molecule has 8 nitrogen and oxygen atoms in total. The van der Waals surface area contributed by atoms with Crippen LogP contribution >= 0.6 is 0 Å². The highest BCUT2D eigenvalue weighted by molar-refractivity contribution is 5.80. The maximum absolute atomic E-state index is 13.2. The molecule has 1 amide bonds. The lowest BCUT2D eigenvalue weighted by Gasteiger charge is -2.29. The number of para-hydroxylation sites is 2. The predicted molar refractivity (Wildman–Crippen MR) is 111 cm³/mol. The molecule has 2 aromatic rings. The molecule has 0 spiro atoms. The highest BCUT2D eigenvalue weighted by Crippen LogP contribution is 2.22. The van der Waals surface area contributed by atoms with Crippen LogP contribution in [0.25, 0.3) is 16.7 Å². The molecule has 0 unspecified atom stereocenters. The summed E-state index contributed by atoms with van der Waals surface area (Å²) < 4.78 is 8.82. The van der Waals surface area contributed by atoms with Gasteiger partial charge in [0.05, 0.1) is 30.3 Å². The second-order valence-electron chi connectivity index (χ2n) is 8.22. The highest BCUT2D eigenvalue weighted by atomic mass is 16.6. The van der Waals surface area contributed by atoms with E-state index in [0.29, 0.717) is 26.2 Å². The number of imidazole rings is 1. The van der Waals surface area contributed by atoms with E-state index in [4.69, 9.17) is 10.00 Å². The average Bonchev–Trinajstić information content (AvgIpc) is 2.93. The average molecular weight is 397 g/mol. The van der Waals surface area contributed by atoms with Gasteiger partial charge in [-0.3, -0.25) is 14.0 Å². The van der Waals surface area contributed by atoms with Crippen LogP contribution in [0.15, 0.2) is 35.1 Å². The van der Waals surface area contributed by atoms with Crippen LogP contribution in [0.5, 0.6) is 0 Å². The van der Waals surface area contributed by atoms with E-state index in [2.05, 4.69) is 6.07 Å². The Morgan fingerprint density at radius 2 is 1.97 bits per heavy atom. The minimum Gasteiger partial charge on any atom is -0.444 e. The maximum Gasteiger partial charge on any atom is 0.410 e. The van der Waals surface area contributed by atoms with E-state index in [1.54, 1.807) is 26.0 Å². The second kappa shape index (κ2) is 8.13. The smallest absolute Gasteiger partial charge is 0.410 e. The first kappa shape index (κ1) is 20.7. The number of hydrogen-bond donors (Lipinski definition) is 0. The van der Waals surface area contributed by atoms with E-state index in [-0.39, 0.29) is 18.3 Å². The van der Waals surface area contributed by atoms with Gasteiger partial charge in [-0.25, -0.2) is 9.59 Å². The Morgan fingerprint density at radius 1 is 1.28 bits per heavy atom. The van der Waals surface area contributed by atoms with Gasteiger partial charge in [0.25, 0.3) is 0 Å². The Hall–Kier alpha value is -3.05. The first-order chi connectivity index (χ1) is 13.7. The summed E-state index contributed by atoms with van der Waals surface area (Å²) in [6.45, 7) is 6.97. The normalized spacial score (nSPS) is 14.8. The van der Waals surface area contributed by atoms with Gasteiger partial charge in [-0.2, -0.15) is 5.26 Å². The molecule has 0 fully saturated rings. The summed E-state index contributed by atoms with van der Waals surface area (Å²) in [6.07, 6.45) is 2.12. The van der Waals surface area contributed by atoms with E-state index >= 15 is 0 Å². The molecule has 29 heavy (non-hydrogen) atoms. The molecule has 1 aliphatic heterocycles. The largest absolute Gasteiger partial charge is 0.444 e. The molecule has 2 heterocycles. The van der Waals surface area contributed by atoms with Gasteiger partial charge >= 0.3 is 11.8 Å². The van der Waals surface area contributed by atoms with Crippen LogP contribution in [-0.4, -0.2) is 57.3 Å². The molecule has 154 valence electrons.